The van der Waals surface area contributed by atoms with E-state index in [4.69, 9.17) is 45.4 Å². The summed E-state index contributed by atoms with van der Waals surface area (Å²) in [6.07, 6.45) is 13.7. The number of carboxylic acids is 1. The Hall–Kier alpha value is -7.71. The Bertz CT molecular complexity index is 2860. The third-order valence-corrected chi connectivity index (χ3v) is 13.1. The Morgan fingerprint density at radius 3 is 1.08 bits per heavy atom. The number of nitrogens with two attached hydrogens (primary N) is 2. The number of methoxy groups -OCH3 is 5. The maximum atomic E-state index is 11.9. The first-order valence-corrected chi connectivity index (χ1v) is 24.0. The van der Waals surface area contributed by atoms with Crippen LogP contribution in [0.2, 0.25) is 0 Å². The molecule has 13 heteroatoms. The summed E-state index contributed by atoms with van der Waals surface area (Å²) in [7, 11) is 9.81. The van der Waals surface area contributed by atoms with Gasteiger partial charge in [-0.1, -0.05) is 42.5 Å². The van der Waals surface area contributed by atoms with E-state index in [9.17, 15) is 14.4 Å². The van der Waals surface area contributed by atoms with Crippen LogP contribution in [0.3, 0.4) is 0 Å². The molecular formula is C60H67N3O10. The van der Waals surface area contributed by atoms with E-state index in [0.717, 1.165) is 81.4 Å². The van der Waals surface area contributed by atoms with Crippen LogP contribution in [0.1, 0.15) is 76.4 Å². The summed E-state index contributed by atoms with van der Waals surface area (Å²) in [4.78, 5) is 35.0. The summed E-state index contributed by atoms with van der Waals surface area (Å²) in [5.74, 6) is 3.36. The molecule has 6 N–H and O–H groups in total. The molecule has 382 valence electrons. The molecule has 13 nitrogen and oxygen atoms in total. The lowest BCUT2D eigenvalue weighted by atomic mass is 10.1. The number of hydrogen-bond acceptors (Lipinski definition) is 11. The van der Waals surface area contributed by atoms with Gasteiger partial charge in [0, 0.05) is 49.5 Å². The fourth-order valence-corrected chi connectivity index (χ4v) is 8.64. The molecule has 5 aromatic rings. The molecular weight excluding hydrogens is 923 g/mol. The number of carboxylic acid groups (broad SMARTS) is 1. The average Bonchev–Trinajstić information content (AvgIpc) is 4.26. The number of carbonyl (C=O) groups is 3. The predicted octanol–water partition coefficient (Wildman–Crippen LogP) is 8.95. The van der Waals surface area contributed by atoms with Gasteiger partial charge < -0.3 is 50.3 Å². The number of aliphatic hydroxyl groups is 1. The molecule has 0 heterocycles. The van der Waals surface area contributed by atoms with Gasteiger partial charge in [-0.15, -0.1) is 0 Å². The number of aliphatic carboxylic acids is 1. The zero-order valence-electron chi connectivity index (χ0n) is 43.2. The number of ketones is 1. The molecule has 73 heavy (non-hydrogen) atoms. The van der Waals surface area contributed by atoms with Crippen LogP contribution in [0.5, 0.6) is 28.7 Å². The highest BCUT2D eigenvalue weighted by Crippen LogP contribution is 2.33. The topological polar surface area (TPSA) is 193 Å². The lowest BCUT2D eigenvalue weighted by Gasteiger charge is -2.13. The quantitative estimate of drug-likeness (QED) is 0.0920. The van der Waals surface area contributed by atoms with Crippen molar-refractivity contribution in [3.63, 3.8) is 0 Å². The van der Waals surface area contributed by atoms with E-state index in [-0.39, 0.29) is 30.5 Å². The van der Waals surface area contributed by atoms with E-state index >= 15 is 0 Å². The molecule has 0 aliphatic heterocycles. The number of ether oxygens (including phenoxy) is 5. The van der Waals surface area contributed by atoms with Crippen molar-refractivity contribution in [1.29, 1.82) is 0 Å². The smallest absolute Gasteiger partial charge is 0.331 e. The van der Waals surface area contributed by atoms with Crippen molar-refractivity contribution in [2.45, 2.75) is 65.0 Å². The Balaban J connectivity index is 0.000000149. The summed E-state index contributed by atoms with van der Waals surface area (Å²) in [5.41, 5.74) is 27.9. The molecule has 1 amide bonds. The summed E-state index contributed by atoms with van der Waals surface area (Å²) in [6.45, 7) is 5.38. The summed E-state index contributed by atoms with van der Waals surface area (Å²) >= 11 is 0. The van der Waals surface area contributed by atoms with E-state index in [1.165, 1.54) is 43.9 Å². The Morgan fingerprint density at radius 1 is 0.493 bits per heavy atom. The molecule has 0 saturated carbocycles. The second-order valence-corrected chi connectivity index (χ2v) is 18.2. The van der Waals surface area contributed by atoms with Gasteiger partial charge in [0.2, 0.25) is 0 Å². The fourth-order valence-electron chi connectivity index (χ4n) is 8.64. The van der Waals surface area contributed by atoms with Crippen molar-refractivity contribution in [2.24, 2.45) is 11.5 Å². The van der Waals surface area contributed by atoms with Gasteiger partial charge in [-0.2, -0.15) is 0 Å². The first-order valence-electron chi connectivity index (χ1n) is 24.0. The molecule has 0 spiro atoms. The van der Waals surface area contributed by atoms with Crippen LogP contribution >= 0.6 is 0 Å². The van der Waals surface area contributed by atoms with Crippen LogP contribution in [-0.4, -0.2) is 94.2 Å². The number of allylic oxidation sites excluding steroid dienone is 1. The SMILES string of the molecule is COc1ccc2c(c1)C=C(C(=O)N(C)CO)C2.COc1ccc2c(c1)C=C(C(=O)O)C2.COc1ccc2c(c1)C=C(C(C)=O)C2.COc1ccc2c(c1)C=C(C(C)N)C2.COc1ccc2c(c1)C=C(C(C)N)C2. The number of aliphatic hydroxyl groups excluding tert-OH is 1. The predicted molar refractivity (Wildman–Crippen MR) is 289 cm³/mol. The Kier molecular flexibility index (Phi) is 18.8. The lowest BCUT2D eigenvalue weighted by molar-refractivity contribution is -0.132. The summed E-state index contributed by atoms with van der Waals surface area (Å²) < 4.78 is 25.7. The first kappa shape index (κ1) is 54.6. The number of carbonyl (C=O) groups excluding carboxylic acids is 2. The number of hydrogen-bond donors (Lipinski definition) is 4. The minimum atomic E-state index is -0.847. The number of benzene rings is 5. The van der Waals surface area contributed by atoms with Gasteiger partial charge in [0.25, 0.3) is 5.91 Å². The van der Waals surface area contributed by atoms with Crippen molar-refractivity contribution in [1.82, 2.24) is 4.90 Å². The molecule has 2 atom stereocenters. The van der Waals surface area contributed by atoms with Crippen LogP contribution in [0.15, 0.2) is 119 Å². The molecule has 5 aliphatic rings. The van der Waals surface area contributed by atoms with Crippen molar-refractivity contribution < 1.29 is 48.3 Å². The average molecular weight is 990 g/mol. The molecule has 0 saturated heterocycles. The zero-order valence-corrected chi connectivity index (χ0v) is 43.2. The lowest BCUT2D eigenvalue weighted by Crippen LogP contribution is -2.28. The maximum absolute atomic E-state index is 11.9. The molecule has 0 fully saturated rings. The highest BCUT2D eigenvalue weighted by atomic mass is 16.5. The van der Waals surface area contributed by atoms with E-state index in [0.29, 0.717) is 24.0 Å². The third kappa shape index (κ3) is 14.0. The molecule has 0 radical (unpaired) electrons. The van der Waals surface area contributed by atoms with Crippen molar-refractivity contribution in [3.05, 3.63) is 174 Å². The van der Waals surface area contributed by atoms with E-state index in [1.54, 1.807) is 55.6 Å². The molecule has 10 rings (SSSR count). The summed E-state index contributed by atoms with van der Waals surface area (Å²) in [5, 5.41) is 17.7. The summed E-state index contributed by atoms with van der Waals surface area (Å²) in [6, 6.07) is 29.9. The Labute approximate surface area is 428 Å². The fraction of sp³-hybridized carbons (Fsp3) is 0.283. The van der Waals surface area contributed by atoms with Crippen molar-refractivity contribution >= 4 is 48.0 Å². The van der Waals surface area contributed by atoms with Crippen molar-refractivity contribution in [2.75, 3.05) is 49.3 Å². The van der Waals surface area contributed by atoms with Gasteiger partial charge >= 0.3 is 5.97 Å². The Morgan fingerprint density at radius 2 is 0.781 bits per heavy atom. The number of Topliss-reactive ketones (excluding diaryl/α,β-unsaturated/α-hetero) is 1. The van der Waals surface area contributed by atoms with Crippen LogP contribution in [0.25, 0.3) is 30.4 Å². The second-order valence-electron chi connectivity index (χ2n) is 18.2. The zero-order chi connectivity index (χ0) is 52.9. The third-order valence-electron chi connectivity index (χ3n) is 13.1. The highest BCUT2D eigenvalue weighted by Gasteiger charge is 2.22. The van der Waals surface area contributed by atoms with Crippen LogP contribution < -0.4 is 35.2 Å². The van der Waals surface area contributed by atoms with Gasteiger partial charge in [-0.05, 0) is 185 Å². The minimum absolute atomic E-state index is 0.136. The van der Waals surface area contributed by atoms with Gasteiger partial charge in [0.15, 0.2) is 5.78 Å². The van der Waals surface area contributed by atoms with Gasteiger partial charge in [0.05, 0.1) is 35.5 Å². The van der Waals surface area contributed by atoms with E-state index in [1.807, 2.05) is 92.7 Å². The van der Waals surface area contributed by atoms with E-state index < -0.39 is 5.97 Å². The first-order chi connectivity index (χ1) is 35.0. The molecule has 5 aromatic carbocycles. The van der Waals surface area contributed by atoms with Crippen LogP contribution in [-0.2, 0) is 46.5 Å². The molecule has 0 bridgehead atoms. The molecule has 5 aliphatic carbocycles. The minimum Gasteiger partial charge on any atom is -0.497 e. The normalized spacial score (nSPS) is 14.3. The van der Waals surface area contributed by atoms with Gasteiger partial charge in [0.1, 0.15) is 35.5 Å². The largest absolute Gasteiger partial charge is 0.497 e. The molecule has 2 unspecified atom stereocenters. The number of likely N-dealkylation sites (N-methyl/N-ethyl adjacent to an activating group) is 1. The second kappa shape index (κ2) is 25.1. The van der Waals surface area contributed by atoms with Gasteiger partial charge in [-0.3, -0.25) is 9.59 Å². The number of fused-ring (bicyclic) bond motifs is 5. The number of rotatable bonds is 11. The molecule has 0 aromatic heterocycles. The van der Waals surface area contributed by atoms with Crippen molar-refractivity contribution in [3.8, 4) is 28.7 Å². The van der Waals surface area contributed by atoms with Crippen LogP contribution in [0.4, 0.5) is 0 Å². The van der Waals surface area contributed by atoms with E-state index in [2.05, 4.69) is 36.4 Å². The standard InChI is InChI=1S/C13H15NO3.2C12H15NO.C12H12O2.C11H10O3/c1-14(8-15)13(16)11-5-9-3-4-12(17-2)7-10(9)6-11;3*1-8(13)10-5-9-3-4-12(14-2)7-11(9)6-10;1-14-10-3-2-7-4-9(11(12)13)5-8(7)6-10/h3-4,6-7,15H,5,8H2,1-2H3;2*3-4,6-8H,5,13H2,1-2H3;3-4,6-7H,5H2,1-2H3;2-3,5-6H,4H2,1H3,(H,12,13). The van der Waals surface area contributed by atoms with Gasteiger partial charge in [-0.25, -0.2) is 4.79 Å². The number of nitrogens with zero attached hydrogens (tertiary/aromatic N) is 1. The number of amides is 1. The highest BCUT2D eigenvalue weighted by molar-refractivity contribution is 6.01. The monoisotopic (exact) mass is 989 g/mol. The van der Waals surface area contributed by atoms with Crippen LogP contribution in [0, 0.1) is 0 Å². The maximum Gasteiger partial charge on any atom is 0.331 e.